The standard InChI is InChI=1S/C15H18O2/c16-14(17)10-15(8-3-9-15)13-7-6-11-4-1-2-5-12(11)13/h1-2,4-5,13H,3,6-10H2,(H,16,17). The quantitative estimate of drug-likeness (QED) is 0.864. The summed E-state index contributed by atoms with van der Waals surface area (Å²) in [5, 5.41) is 9.12. The van der Waals surface area contributed by atoms with E-state index < -0.39 is 5.97 Å². The maximum atomic E-state index is 11.1. The maximum absolute atomic E-state index is 11.1. The van der Waals surface area contributed by atoms with E-state index in [4.69, 9.17) is 5.11 Å². The van der Waals surface area contributed by atoms with Gasteiger partial charge in [0.25, 0.3) is 0 Å². The Labute approximate surface area is 102 Å². The van der Waals surface area contributed by atoms with Gasteiger partial charge >= 0.3 is 5.97 Å². The fraction of sp³-hybridized carbons (Fsp3) is 0.533. The molecule has 17 heavy (non-hydrogen) atoms. The van der Waals surface area contributed by atoms with Gasteiger partial charge in [0.05, 0.1) is 6.42 Å². The number of aliphatic carboxylic acids is 1. The molecule has 2 aliphatic rings. The molecule has 0 radical (unpaired) electrons. The Kier molecular flexibility index (Phi) is 2.46. The van der Waals surface area contributed by atoms with Gasteiger partial charge < -0.3 is 5.11 Å². The van der Waals surface area contributed by atoms with Crippen molar-refractivity contribution in [2.75, 3.05) is 0 Å². The number of carbonyl (C=O) groups is 1. The summed E-state index contributed by atoms with van der Waals surface area (Å²) in [4.78, 5) is 11.1. The van der Waals surface area contributed by atoms with Crippen LogP contribution in [-0.4, -0.2) is 11.1 Å². The minimum absolute atomic E-state index is 0.0679. The monoisotopic (exact) mass is 230 g/mol. The van der Waals surface area contributed by atoms with E-state index in [1.165, 1.54) is 17.5 Å². The number of carboxylic acids is 1. The first kappa shape index (κ1) is 10.8. The second-order valence-electron chi connectivity index (χ2n) is 5.58. The fourth-order valence-electron chi connectivity index (χ4n) is 3.77. The van der Waals surface area contributed by atoms with E-state index in [2.05, 4.69) is 24.3 Å². The van der Waals surface area contributed by atoms with Crippen molar-refractivity contribution in [1.29, 1.82) is 0 Å². The number of benzene rings is 1. The van der Waals surface area contributed by atoms with Crippen LogP contribution in [0.25, 0.3) is 0 Å². The molecule has 0 amide bonds. The Morgan fingerprint density at radius 2 is 2.12 bits per heavy atom. The van der Waals surface area contributed by atoms with Gasteiger partial charge in [0, 0.05) is 0 Å². The predicted molar refractivity (Wildman–Crippen MR) is 66.0 cm³/mol. The first-order valence-corrected chi connectivity index (χ1v) is 6.51. The Bertz CT molecular complexity index is 446. The molecule has 0 aromatic heterocycles. The number of carboxylic acid groups (broad SMARTS) is 1. The van der Waals surface area contributed by atoms with Crippen LogP contribution in [0, 0.1) is 5.41 Å². The third kappa shape index (κ3) is 1.67. The molecule has 1 unspecified atom stereocenters. The summed E-state index contributed by atoms with van der Waals surface area (Å²) in [6, 6.07) is 8.58. The summed E-state index contributed by atoms with van der Waals surface area (Å²) in [6.45, 7) is 0. The van der Waals surface area contributed by atoms with Crippen LogP contribution in [0.3, 0.4) is 0 Å². The van der Waals surface area contributed by atoms with Crippen LogP contribution in [0.15, 0.2) is 24.3 Å². The zero-order valence-electron chi connectivity index (χ0n) is 9.98. The number of aryl methyl sites for hydroxylation is 1. The van der Waals surface area contributed by atoms with E-state index >= 15 is 0 Å². The summed E-state index contributed by atoms with van der Waals surface area (Å²) < 4.78 is 0. The summed E-state index contributed by atoms with van der Waals surface area (Å²) in [7, 11) is 0. The van der Waals surface area contributed by atoms with Crippen LogP contribution in [-0.2, 0) is 11.2 Å². The lowest BCUT2D eigenvalue weighted by molar-refractivity contribution is -0.142. The lowest BCUT2D eigenvalue weighted by atomic mass is 9.58. The van der Waals surface area contributed by atoms with Gasteiger partial charge in [-0.2, -0.15) is 0 Å². The molecule has 2 aliphatic carbocycles. The van der Waals surface area contributed by atoms with Gasteiger partial charge in [-0.25, -0.2) is 0 Å². The molecule has 1 atom stereocenters. The Morgan fingerprint density at radius 3 is 2.76 bits per heavy atom. The van der Waals surface area contributed by atoms with Gasteiger partial charge in [0.1, 0.15) is 0 Å². The summed E-state index contributed by atoms with van der Waals surface area (Å²) in [6.07, 6.45) is 6.02. The highest BCUT2D eigenvalue weighted by atomic mass is 16.4. The van der Waals surface area contributed by atoms with Crippen molar-refractivity contribution < 1.29 is 9.90 Å². The fourth-order valence-corrected chi connectivity index (χ4v) is 3.77. The van der Waals surface area contributed by atoms with E-state index in [9.17, 15) is 4.79 Å². The number of hydrogen-bond donors (Lipinski definition) is 1. The van der Waals surface area contributed by atoms with Crippen LogP contribution < -0.4 is 0 Å². The van der Waals surface area contributed by atoms with Crippen molar-refractivity contribution in [1.82, 2.24) is 0 Å². The first-order chi connectivity index (χ1) is 8.21. The van der Waals surface area contributed by atoms with Crippen molar-refractivity contribution in [2.24, 2.45) is 5.41 Å². The molecule has 1 fully saturated rings. The second kappa shape index (κ2) is 3.86. The molecule has 1 aromatic rings. The summed E-state index contributed by atoms with van der Waals surface area (Å²) in [5.41, 5.74) is 2.93. The van der Waals surface area contributed by atoms with Crippen molar-refractivity contribution in [3.05, 3.63) is 35.4 Å². The van der Waals surface area contributed by atoms with Crippen LogP contribution in [0.5, 0.6) is 0 Å². The lowest BCUT2D eigenvalue weighted by Crippen LogP contribution is -2.37. The van der Waals surface area contributed by atoms with Crippen molar-refractivity contribution in [2.45, 2.75) is 44.4 Å². The van der Waals surface area contributed by atoms with Crippen LogP contribution in [0.4, 0.5) is 0 Å². The van der Waals surface area contributed by atoms with Crippen LogP contribution in [0.2, 0.25) is 0 Å². The average Bonchev–Trinajstić information content (AvgIpc) is 2.67. The second-order valence-corrected chi connectivity index (χ2v) is 5.58. The molecule has 2 nitrogen and oxygen atoms in total. The average molecular weight is 230 g/mol. The summed E-state index contributed by atoms with van der Waals surface area (Å²) in [5.74, 6) is -0.141. The van der Waals surface area contributed by atoms with Crippen molar-refractivity contribution >= 4 is 5.97 Å². The molecule has 0 spiro atoms. The molecule has 3 rings (SSSR count). The Hall–Kier alpha value is -1.31. The number of hydrogen-bond acceptors (Lipinski definition) is 1. The highest BCUT2D eigenvalue weighted by Crippen LogP contribution is 2.58. The van der Waals surface area contributed by atoms with Gasteiger partial charge in [-0.05, 0) is 48.1 Å². The van der Waals surface area contributed by atoms with Crippen LogP contribution in [0.1, 0.15) is 49.1 Å². The summed E-state index contributed by atoms with van der Waals surface area (Å²) >= 11 is 0. The first-order valence-electron chi connectivity index (χ1n) is 6.51. The number of fused-ring (bicyclic) bond motifs is 1. The van der Waals surface area contributed by atoms with Gasteiger partial charge in [-0.3, -0.25) is 4.79 Å². The zero-order chi connectivity index (χ0) is 11.9. The largest absolute Gasteiger partial charge is 0.481 e. The van der Waals surface area contributed by atoms with Gasteiger partial charge in [-0.15, -0.1) is 0 Å². The van der Waals surface area contributed by atoms with E-state index in [1.54, 1.807) is 0 Å². The van der Waals surface area contributed by atoms with Gasteiger partial charge in [0.2, 0.25) is 0 Å². The minimum atomic E-state index is -0.630. The Morgan fingerprint density at radius 1 is 1.35 bits per heavy atom. The SMILES string of the molecule is O=C(O)CC1(C2CCc3ccccc32)CCC1. The molecule has 1 aromatic carbocycles. The van der Waals surface area contributed by atoms with Crippen molar-refractivity contribution in [3.63, 3.8) is 0 Å². The Balaban J connectivity index is 1.92. The molecular weight excluding hydrogens is 212 g/mol. The van der Waals surface area contributed by atoms with E-state index in [1.807, 2.05) is 0 Å². The molecule has 2 heteroatoms. The third-order valence-electron chi connectivity index (χ3n) is 4.72. The van der Waals surface area contributed by atoms with Crippen LogP contribution >= 0.6 is 0 Å². The third-order valence-corrected chi connectivity index (χ3v) is 4.72. The highest BCUT2D eigenvalue weighted by Gasteiger charge is 2.47. The molecule has 0 saturated heterocycles. The predicted octanol–water partition coefficient (Wildman–Crippen LogP) is 3.36. The van der Waals surface area contributed by atoms with E-state index in [0.29, 0.717) is 12.3 Å². The lowest BCUT2D eigenvalue weighted by Gasteiger charge is -2.46. The van der Waals surface area contributed by atoms with Gasteiger partial charge in [-0.1, -0.05) is 30.7 Å². The van der Waals surface area contributed by atoms with E-state index in [-0.39, 0.29) is 5.41 Å². The highest BCUT2D eigenvalue weighted by molar-refractivity contribution is 5.68. The molecule has 90 valence electrons. The molecular formula is C15H18O2. The van der Waals surface area contributed by atoms with E-state index in [0.717, 1.165) is 25.7 Å². The molecule has 0 aliphatic heterocycles. The minimum Gasteiger partial charge on any atom is -0.481 e. The molecule has 1 N–H and O–H groups in total. The topological polar surface area (TPSA) is 37.3 Å². The molecule has 1 saturated carbocycles. The number of rotatable bonds is 3. The zero-order valence-corrected chi connectivity index (χ0v) is 9.98. The smallest absolute Gasteiger partial charge is 0.303 e. The molecule has 0 bridgehead atoms. The van der Waals surface area contributed by atoms with Crippen molar-refractivity contribution in [3.8, 4) is 0 Å². The molecule has 0 heterocycles. The normalized spacial score (nSPS) is 25.1. The van der Waals surface area contributed by atoms with Gasteiger partial charge in [0.15, 0.2) is 0 Å². The maximum Gasteiger partial charge on any atom is 0.303 e.